The van der Waals surface area contributed by atoms with E-state index in [2.05, 4.69) is 5.32 Å². The monoisotopic (exact) mass is 283 g/mol. The van der Waals surface area contributed by atoms with Crippen molar-refractivity contribution in [3.63, 3.8) is 0 Å². The molecule has 6 atom stereocenters. The lowest BCUT2D eigenvalue weighted by atomic mass is 9.83. The molecule has 114 valence electrons. The number of ether oxygens (including phenoxy) is 1. The molecule has 0 aromatic carbocycles. The predicted molar refractivity (Wildman–Crippen MR) is 74.2 cm³/mol. The Bertz CT molecular complexity index is 384. The summed E-state index contributed by atoms with van der Waals surface area (Å²) in [4.78, 5) is 23.7. The van der Waals surface area contributed by atoms with Gasteiger partial charge in [-0.2, -0.15) is 0 Å². The Morgan fingerprint density at radius 2 is 1.75 bits per heavy atom. The molecule has 1 amide bonds. The molecular weight excluding hydrogens is 258 g/mol. The summed E-state index contributed by atoms with van der Waals surface area (Å²) in [5.41, 5.74) is 0. The molecule has 1 heterocycles. The lowest BCUT2D eigenvalue weighted by Gasteiger charge is -2.31. The van der Waals surface area contributed by atoms with Crippen molar-refractivity contribution in [3.8, 4) is 0 Å². The molecule has 6 unspecified atom stereocenters. The van der Waals surface area contributed by atoms with Crippen molar-refractivity contribution in [2.75, 3.05) is 0 Å². The van der Waals surface area contributed by atoms with Gasteiger partial charge in [-0.3, -0.25) is 9.59 Å². The van der Waals surface area contributed by atoms with Crippen LogP contribution in [0, 0.1) is 17.8 Å². The number of carboxylic acid groups (broad SMARTS) is 1. The van der Waals surface area contributed by atoms with Gasteiger partial charge in [-0.1, -0.05) is 19.8 Å². The van der Waals surface area contributed by atoms with Crippen LogP contribution >= 0.6 is 0 Å². The first-order valence-corrected chi connectivity index (χ1v) is 7.60. The maximum Gasteiger partial charge on any atom is 0.308 e. The maximum absolute atomic E-state index is 12.5. The zero-order valence-electron chi connectivity index (χ0n) is 12.5. The lowest BCUT2D eigenvalue weighted by molar-refractivity contribution is -0.144. The first-order valence-electron chi connectivity index (χ1n) is 7.60. The van der Waals surface area contributed by atoms with Crippen LogP contribution in [0.25, 0.3) is 0 Å². The Balaban J connectivity index is 2.01. The van der Waals surface area contributed by atoms with Crippen molar-refractivity contribution < 1.29 is 19.4 Å². The zero-order chi connectivity index (χ0) is 14.9. The minimum Gasteiger partial charge on any atom is -0.481 e. The topological polar surface area (TPSA) is 75.6 Å². The van der Waals surface area contributed by atoms with Crippen LogP contribution in [-0.2, 0) is 14.3 Å². The van der Waals surface area contributed by atoms with E-state index in [1.165, 1.54) is 0 Å². The molecule has 5 nitrogen and oxygen atoms in total. The van der Waals surface area contributed by atoms with E-state index in [1.807, 2.05) is 20.8 Å². The van der Waals surface area contributed by atoms with Gasteiger partial charge in [-0.15, -0.1) is 0 Å². The summed E-state index contributed by atoms with van der Waals surface area (Å²) >= 11 is 0. The molecule has 2 N–H and O–H groups in total. The number of nitrogens with one attached hydrogen (secondary N) is 1. The Labute approximate surface area is 120 Å². The summed E-state index contributed by atoms with van der Waals surface area (Å²) in [5, 5.41) is 12.2. The fraction of sp³-hybridized carbons (Fsp3) is 0.867. The van der Waals surface area contributed by atoms with Gasteiger partial charge < -0.3 is 15.2 Å². The minimum atomic E-state index is -0.799. The van der Waals surface area contributed by atoms with Crippen LogP contribution in [0.5, 0.6) is 0 Å². The van der Waals surface area contributed by atoms with E-state index in [0.717, 1.165) is 19.3 Å². The highest BCUT2D eigenvalue weighted by Crippen LogP contribution is 2.33. The molecular formula is C15H25NO4. The molecule has 5 heteroatoms. The number of carbonyl (C=O) groups is 2. The van der Waals surface area contributed by atoms with Gasteiger partial charge in [0.15, 0.2) is 0 Å². The average Bonchev–Trinajstić information content (AvgIpc) is 2.63. The number of carbonyl (C=O) groups excluding carboxylic acids is 1. The fourth-order valence-electron chi connectivity index (χ4n) is 3.60. The second-order valence-corrected chi connectivity index (χ2v) is 6.28. The van der Waals surface area contributed by atoms with E-state index in [9.17, 15) is 14.7 Å². The number of hydrogen-bond acceptors (Lipinski definition) is 3. The van der Waals surface area contributed by atoms with Gasteiger partial charge in [0.25, 0.3) is 0 Å². The van der Waals surface area contributed by atoms with E-state index in [4.69, 9.17) is 4.74 Å². The van der Waals surface area contributed by atoms with Crippen LogP contribution in [0.4, 0.5) is 0 Å². The summed E-state index contributed by atoms with van der Waals surface area (Å²) in [7, 11) is 0. The highest BCUT2D eigenvalue weighted by Gasteiger charge is 2.43. The van der Waals surface area contributed by atoms with Crippen molar-refractivity contribution in [3.05, 3.63) is 0 Å². The van der Waals surface area contributed by atoms with Gasteiger partial charge in [-0.25, -0.2) is 0 Å². The van der Waals surface area contributed by atoms with Crippen molar-refractivity contribution in [1.29, 1.82) is 0 Å². The average molecular weight is 283 g/mol. The number of rotatable bonds is 3. The molecule has 1 saturated heterocycles. The van der Waals surface area contributed by atoms with Crippen molar-refractivity contribution in [1.82, 2.24) is 5.32 Å². The highest BCUT2D eigenvalue weighted by atomic mass is 16.5. The Kier molecular flexibility index (Phi) is 4.68. The normalized spacial score (nSPS) is 41.4. The molecule has 0 radical (unpaired) electrons. The summed E-state index contributed by atoms with van der Waals surface area (Å²) in [6, 6.07) is -0.232. The van der Waals surface area contributed by atoms with E-state index < -0.39 is 11.9 Å². The van der Waals surface area contributed by atoms with Crippen LogP contribution in [0.1, 0.15) is 46.5 Å². The largest absolute Gasteiger partial charge is 0.481 e. The van der Waals surface area contributed by atoms with Gasteiger partial charge in [0, 0.05) is 6.04 Å². The Morgan fingerprint density at radius 3 is 2.30 bits per heavy atom. The number of carboxylic acids is 1. The molecule has 0 aromatic rings. The fourth-order valence-corrected chi connectivity index (χ4v) is 3.60. The third-order valence-electron chi connectivity index (χ3n) is 4.96. The third kappa shape index (κ3) is 2.97. The van der Waals surface area contributed by atoms with Crippen LogP contribution < -0.4 is 5.32 Å². The van der Waals surface area contributed by atoms with E-state index in [1.54, 1.807) is 0 Å². The standard InChI is InChI=1S/C15H25NO4/c1-8-9(2)20-10(3)13(8)14(17)16-12-7-5-4-6-11(12)15(18)19/h8-13H,4-7H2,1-3H3,(H,16,17)(H,18,19). The Hall–Kier alpha value is -1.10. The summed E-state index contributed by atoms with van der Waals surface area (Å²) in [6.07, 6.45) is 3.29. The second-order valence-electron chi connectivity index (χ2n) is 6.28. The highest BCUT2D eigenvalue weighted by molar-refractivity contribution is 5.81. The van der Waals surface area contributed by atoms with Gasteiger partial charge in [0.2, 0.25) is 5.91 Å². The van der Waals surface area contributed by atoms with Crippen molar-refractivity contribution in [2.45, 2.75) is 64.7 Å². The lowest BCUT2D eigenvalue weighted by Crippen LogP contribution is -2.49. The number of aliphatic carboxylic acids is 1. The molecule has 0 aromatic heterocycles. The van der Waals surface area contributed by atoms with Gasteiger partial charge in [0.1, 0.15) is 0 Å². The minimum absolute atomic E-state index is 0.0486. The van der Waals surface area contributed by atoms with Crippen molar-refractivity contribution >= 4 is 11.9 Å². The SMILES string of the molecule is CC1OC(C)C(C(=O)NC2CCCCC2C(=O)O)C1C. The van der Waals surface area contributed by atoms with Crippen LogP contribution in [0.2, 0.25) is 0 Å². The quantitative estimate of drug-likeness (QED) is 0.828. The molecule has 1 aliphatic heterocycles. The predicted octanol–water partition coefficient (Wildman–Crippen LogP) is 1.81. The van der Waals surface area contributed by atoms with Crippen LogP contribution in [-0.4, -0.2) is 35.2 Å². The molecule has 0 spiro atoms. The van der Waals surface area contributed by atoms with Gasteiger partial charge >= 0.3 is 5.97 Å². The van der Waals surface area contributed by atoms with Gasteiger partial charge in [-0.05, 0) is 32.6 Å². The molecule has 20 heavy (non-hydrogen) atoms. The molecule has 2 rings (SSSR count). The first kappa shape index (κ1) is 15.3. The van der Waals surface area contributed by atoms with E-state index >= 15 is 0 Å². The summed E-state index contributed by atoms with van der Waals surface area (Å²) in [5.74, 6) is -1.31. The van der Waals surface area contributed by atoms with E-state index in [-0.39, 0.29) is 36.0 Å². The zero-order valence-corrected chi connectivity index (χ0v) is 12.5. The van der Waals surface area contributed by atoms with Crippen molar-refractivity contribution in [2.24, 2.45) is 17.8 Å². The smallest absolute Gasteiger partial charge is 0.308 e. The maximum atomic E-state index is 12.5. The van der Waals surface area contributed by atoms with Gasteiger partial charge in [0.05, 0.1) is 24.0 Å². The van der Waals surface area contributed by atoms with Crippen LogP contribution in [0.3, 0.4) is 0 Å². The first-order chi connectivity index (χ1) is 9.41. The molecule has 2 fully saturated rings. The third-order valence-corrected chi connectivity index (χ3v) is 4.96. The Morgan fingerprint density at radius 1 is 1.10 bits per heavy atom. The second kappa shape index (κ2) is 6.12. The molecule has 1 aliphatic carbocycles. The van der Waals surface area contributed by atoms with E-state index in [0.29, 0.717) is 6.42 Å². The molecule has 0 bridgehead atoms. The van der Waals surface area contributed by atoms with Crippen LogP contribution in [0.15, 0.2) is 0 Å². The molecule has 2 aliphatic rings. The summed E-state index contributed by atoms with van der Waals surface area (Å²) < 4.78 is 5.69. The molecule has 1 saturated carbocycles. The number of amides is 1. The number of hydrogen-bond donors (Lipinski definition) is 2. The summed E-state index contributed by atoms with van der Waals surface area (Å²) in [6.45, 7) is 5.92.